The Bertz CT molecular complexity index is 642. The molecule has 23 heavy (non-hydrogen) atoms. The molecule has 122 valence electrons. The largest absolute Gasteiger partial charge is 0.396 e. The minimum atomic E-state index is -0.200. The van der Waals surface area contributed by atoms with E-state index < -0.39 is 0 Å². The van der Waals surface area contributed by atoms with E-state index in [2.05, 4.69) is 15.2 Å². The number of aliphatic hydroxyl groups is 1. The van der Waals surface area contributed by atoms with Gasteiger partial charge in [-0.25, -0.2) is 9.37 Å². The molecular formula is C18H22FN3O. The van der Waals surface area contributed by atoms with Crippen LogP contribution in [0.5, 0.6) is 0 Å². The van der Waals surface area contributed by atoms with Gasteiger partial charge in [0.15, 0.2) is 5.82 Å². The monoisotopic (exact) mass is 315 g/mol. The number of hydrogen-bond donors (Lipinski definition) is 2. The smallest absolute Gasteiger partial charge is 0.151 e. The highest BCUT2D eigenvalue weighted by molar-refractivity contribution is 5.65. The van der Waals surface area contributed by atoms with Crippen LogP contribution in [0.4, 0.5) is 15.9 Å². The van der Waals surface area contributed by atoms with E-state index in [1.54, 1.807) is 18.3 Å². The fourth-order valence-electron chi connectivity index (χ4n) is 2.95. The van der Waals surface area contributed by atoms with E-state index in [0.29, 0.717) is 18.0 Å². The molecule has 1 aliphatic rings. The van der Waals surface area contributed by atoms with E-state index in [9.17, 15) is 9.50 Å². The molecule has 2 N–H and O–H groups in total. The van der Waals surface area contributed by atoms with Gasteiger partial charge in [0.2, 0.25) is 0 Å². The molecule has 0 spiro atoms. The quantitative estimate of drug-likeness (QED) is 0.890. The molecule has 0 bridgehead atoms. The zero-order chi connectivity index (χ0) is 16.1. The van der Waals surface area contributed by atoms with Crippen LogP contribution in [0, 0.1) is 11.7 Å². The number of anilines is 2. The molecule has 1 fully saturated rings. The summed E-state index contributed by atoms with van der Waals surface area (Å²) in [7, 11) is 0. The van der Waals surface area contributed by atoms with Gasteiger partial charge in [0.05, 0.1) is 5.69 Å². The number of nitrogens with zero attached hydrogens (tertiary/aromatic N) is 2. The van der Waals surface area contributed by atoms with E-state index in [1.807, 2.05) is 18.2 Å². The fraction of sp³-hybridized carbons (Fsp3) is 0.389. The highest BCUT2D eigenvalue weighted by Gasteiger charge is 2.21. The predicted octanol–water partition coefficient (Wildman–Crippen LogP) is 3.04. The highest BCUT2D eigenvalue weighted by atomic mass is 19.1. The van der Waals surface area contributed by atoms with Crippen molar-refractivity contribution in [2.24, 2.45) is 5.92 Å². The number of pyridine rings is 1. The molecular weight excluding hydrogens is 293 g/mol. The Hall–Kier alpha value is -2.14. The molecule has 1 aromatic heterocycles. The second-order valence-electron chi connectivity index (χ2n) is 5.93. The summed E-state index contributed by atoms with van der Waals surface area (Å²) in [6, 6.07) is 10.6. The Morgan fingerprint density at radius 1 is 1.17 bits per heavy atom. The molecule has 2 heterocycles. The molecule has 1 aromatic carbocycles. The van der Waals surface area contributed by atoms with Gasteiger partial charge in [-0.15, -0.1) is 0 Å². The molecule has 0 radical (unpaired) electrons. The van der Waals surface area contributed by atoms with Crippen molar-refractivity contribution in [3.63, 3.8) is 0 Å². The Morgan fingerprint density at radius 2 is 1.96 bits per heavy atom. The number of aromatic nitrogens is 1. The lowest BCUT2D eigenvalue weighted by molar-refractivity contribution is 0.203. The maximum absolute atomic E-state index is 13.7. The topological polar surface area (TPSA) is 48.4 Å². The van der Waals surface area contributed by atoms with E-state index in [0.717, 1.165) is 37.4 Å². The van der Waals surface area contributed by atoms with Gasteiger partial charge in [-0.3, -0.25) is 0 Å². The van der Waals surface area contributed by atoms with Crippen molar-refractivity contribution >= 4 is 11.5 Å². The van der Waals surface area contributed by atoms with E-state index >= 15 is 0 Å². The summed E-state index contributed by atoms with van der Waals surface area (Å²) in [5.41, 5.74) is 1.56. The van der Waals surface area contributed by atoms with Crippen molar-refractivity contribution in [1.29, 1.82) is 0 Å². The molecule has 0 unspecified atom stereocenters. The Kier molecular flexibility index (Phi) is 5.08. The van der Waals surface area contributed by atoms with E-state index in [4.69, 9.17) is 0 Å². The van der Waals surface area contributed by atoms with Crippen LogP contribution in [-0.2, 0) is 6.54 Å². The lowest BCUT2D eigenvalue weighted by atomic mass is 9.98. The second-order valence-corrected chi connectivity index (χ2v) is 5.93. The van der Waals surface area contributed by atoms with Crippen LogP contribution in [0.25, 0.3) is 0 Å². The summed E-state index contributed by atoms with van der Waals surface area (Å²) < 4.78 is 13.7. The first kappa shape index (κ1) is 15.7. The number of rotatable bonds is 5. The van der Waals surface area contributed by atoms with Gasteiger partial charge in [0, 0.05) is 38.0 Å². The molecule has 0 saturated carbocycles. The molecule has 1 aliphatic heterocycles. The Balaban J connectivity index is 1.70. The molecule has 4 nitrogen and oxygen atoms in total. The number of piperidine rings is 1. The molecule has 0 atom stereocenters. The molecule has 0 aliphatic carbocycles. The molecule has 1 saturated heterocycles. The highest BCUT2D eigenvalue weighted by Crippen LogP contribution is 2.28. The maximum Gasteiger partial charge on any atom is 0.151 e. The van der Waals surface area contributed by atoms with Gasteiger partial charge in [0.25, 0.3) is 0 Å². The van der Waals surface area contributed by atoms with Gasteiger partial charge in [-0.1, -0.05) is 18.2 Å². The third-order valence-corrected chi connectivity index (χ3v) is 4.39. The van der Waals surface area contributed by atoms with Crippen molar-refractivity contribution < 1.29 is 9.50 Å². The SMILES string of the molecule is OCC1CCN(c2ncccc2NCc2ccccc2F)CC1. The van der Waals surface area contributed by atoms with Gasteiger partial charge in [-0.2, -0.15) is 0 Å². The van der Waals surface area contributed by atoms with Crippen LogP contribution in [0.1, 0.15) is 18.4 Å². The van der Waals surface area contributed by atoms with E-state index in [-0.39, 0.29) is 12.4 Å². The zero-order valence-corrected chi connectivity index (χ0v) is 13.1. The Labute approximate surface area is 136 Å². The first-order chi connectivity index (χ1) is 11.3. The second kappa shape index (κ2) is 7.42. The standard InChI is InChI=1S/C18H22FN3O/c19-16-5-2-1-4-15(16)12-21-17-6-3-9-20-18(17)22-10-7-14(13-23)8-11-22/h1-6,9,14,21,23H,7-8,10-13H2. The van der Waals surface area contributed by atoms with Gasteiger partial charge in [-0.05, 0) is 37.0 Å². The van der Waals surface area contributed by atoms with Crippen LogP contribution in [-0.4, -0.2) is 29.8 Å². The number of aliphatic hydroxyl groups excluding tert-OH is 1. The van der Waals surface area contributed by atoms with Crippen molar-refractivity contribution in [3.05, 3.63) is 54.0 Å². The minimum Gasteiger partial charge on any atom is -0.396 e. The summed E-state index contributed by atoms with van der Waals surface area (Å²) >= 11 is 0. The van der Waals surface area contributed by atoms with Crippen molar-refractivity contribution in [1.82, 2.24) is 4.98 Å². The number of hydrogen-bond acceptors (Lipinski definition) is 4. The minimum absolute atomic E-state index is 0.200. The third kappa shape index (κ3) is 3.79. The Morgan fingerprint density at radius 3 is 2.70 bits per heavy atom. The van der Waals surface area contributed by atoms with Gasteiger partial charge >= 0.3 is 0 Å². The first-order valence-electron chi connectivity index (χ1n) is 8.06. The van der Waals surface area contributed by atoms with Crippen molar-refractivity contribution in [2.45, 2.75) is 19.4 Å². The lowest BCUT2D eigenvalue weighted by Gasteiger charge is -2.33. The molecule has 0 amide bonds. The first-order valence-corrected chi connectivity index (χ1v) is 8.06. The van der Waals surface area contributed by atoms with Crippen LogP contribution >= 0.6 is 0 Å². The summed E-state index contributed by atoms with van der Waals surface area (Å²) in [6.45, 7) is 2.46. The van der Waals surface area contributed by atoms with Crippen molar-refractivity contribution in [3.8, 4) is 0 Å². The molecule has 3 rings (SSSR count). The summed E-state index contributed by atoms with van der Waals surface area (Å²) in [6.07, 6.45) is 3.72. The molecule has 5 heteroatoms. The van der Waals surface area contributed by atoms with Crippen LogP contribution in [0.2, 0.25) is 0 Å². The average molecular weight is 315 g/mol. The van der Waals surface area contributed by atoms with Crippen LogP contribution in [0.3, 0.4) is 0 Å². The predicted molar refractivity (Wildman–Crippen MR) is 90.0 cm³/mol. The lowest BCUT2D eigenvalue weighted by Crippen LogP contribution is -2.35. The third-order valence-electron chi connectivity index (χ3n) is 4.39. The summed E-state index contributed by atoms with van der Waals surface area (Å²) in [5, 5.41) is 12.6. The number of halogens is 1. The van der Waals surface area contributed by atoms with Gasteiger partial charge in [0.1, 0.15) is 5.82 Å². The fourth-order valence-corrected chi connectivity index (χ4v) is 2.95. The number of benzene rings is 1. The number of nitrogens with one attached hydrogen (secondary N) is 1. The van der Waals surface area contributed by atoms with Crippen LogP contribution < -0.4 is 10.2 Å². The average Bonchev–Trinajstić information content (AvgIpc) is 2.61. The normalized spacial score (nSPS) is 15.7. The molecule has 2 aromatic rings. The zero-order valence-electron chi connectivity index (χ0n) is 13.1. The summed E-state index contributed by atoms with van der Waals surface area (Å²) in [5.74, 6) is 1.10. The van der Waals surface area contributed by atoms with E-state index in [1.165, 1.54) is 6.07 Å². The summed E-state index contributed by atoms with van der Waals surface area (Å²) in [4.78, 5) is 6.73. The van der Waals surface area contributed by atoms with Gasteiger partial charge < -0.3 is 15.3 Å². The maximum atomic E-state index is 13.7. The van der Waals surface area contributed by atoms with Crippen LogP contribution in [0.15, 0.2) is 42.6 Å². The van der Waals surface area contributed by atoms with Crippen molar-refractivity contribution in [2.75, 3.05) is 29.9 Å².